The summed E-state index contributed by atoms with van der Waals surface area (Å²) in [6, 6.07) is 7.44. The summed E-state index contributed by atoms with van der Waals surface area (Å²) in [6.45, 7) is 3.83. The van der Waals surface area contributed by atoms with E-state index in [4.69, 9.17) is 0 Å². The standard InChI is InChI=1S/C17H20N2O3S2/c1-12-9-15(16(20)10-23-17-5-3-4-7-18-17)13(2)19(12)14-6-8-24(21,22)11-14/h3-5,7,9,14H,6,8,10-11H2,1-2H3. The van der Waals surface area contributed by atoms with Gasteiger partial charge >= 0.3 is 0 Å². The van der Waals surface area contributed by atoms with E-state index < -0.39 is 9.84 Å². The Kier molecular flexibility index (Phi) is 4.83. The highest BCUT2D eigenvalue weighted by Gasteiger charge is 2.31. The summed E-state index contributed by atoms with van der Waals surface area (Å²) in [7, 11) is -2.95. The number of thioether (sulfide) groups is 1. The molecular formula is C17H20N2O3S2. The molecule has 0 aliphatic carbocycles. The molecule has 0 aromatic carbocycles. The van der Waals surface area contributed by atoms with Crippen molar-refractivity contribution >= 4 is 27.4 Å². The molecule has 1 atom stereocenters. The quantitative estimate of drug-likeness (QED) is 0.603. The van der Waals surface area contributed by atoms with Gasteiger partial charge in [0, 0.05) is 29.2 Å². The van der Waals surface area contributed by atoms with Crippen LogP contribution in [0.4, 0.5) is 0 Å². The second-order valence-corrected chi connectivity index (χ2v) is 9.32. The fourth-order valence-electron chi connectivity index (χ4n) is 3.25. The van der Waals surface area contributed by atoms with Gasteiger partial charge in [-0.05, 0) is 38.5 Å². The monoisotopic (exact) mass is 364 g/mol. The molecule has 2 aromatic rings. The van der Waals surface area contributed by atoms with Crippen molar-refractivity contribution in [1.29, 1.82) is 0 Å². The van der Waals surface area contributed by atoms with Gasteiger partial charge in [0.15, 0.2) is 15.6 Å². The molecule has 3 heterocycles. The zero-order chi connectivity index (χ0) is 17.3. The molecule has 2 aromatic heterocycles. The third-order valence-corrected chi connectivity index (χ3v) is 7.04. The van der Waals surface area contributed by atoms with Crippen LogP contribution in [0.15, 0.2) is 35.5 Å². The van der Waals surface area contributed by atoms with Gasteiger partial charge in [0.25, 0.3) is 0 Å². The third-order valence-electron chi connectivity index (χ3n) is 4.35. The van der Waals surface area contributed by atoms with Crippen molar-refractivity contribution < 1.29 is 13.2 Å². The van der Waals surface area contributed by atoms with Gasteiger partial charge in [0.05, 0.1) is 22.3 Å². The highest BCUT2D eigenvalue weighted by molar-refractivity contribution is 7.99. The molecule has 0 spiro atoms. The molecule has 0 radical (unpaired) electrons. The van der Waals surface area contributed by atoms with Crippen LogP contribution in [0.5, 0.6) is 0 Å². The van der Waals surface area contributed by atoms with Gasteiger partial charge < -0.3 is 4.57 Å². The van der Waals surface area contributed by atoms with E-state index >= 15 is 0 Å². The molecule has 0 saturated carbocycles. The Morgan fingerprint density at radius 2 is 2.17 bits per heavy atom. The Bertz CT molecular complexity index is 857. The molecule has 5 nitrogen and oxygen atoms in total. The minimum Gasteiger partial charge on any atom is -0.344 e. The molecule has 7 heteroatoms. The third kappa shape index (κ3) is 3.57. The number of hydrogen-bond acceptors (Lipinski definition) is 5. The van der Waals surface area contributed by atoms with E-state index in [2.05, 4.69) is 4.98 Å². The van der Waals surface area contributed by atoms with Crippen LogP contribution in [-0.4, -0.2) is 41.0 Å². The topological polar surface area (TPSA) is 69.0 Å². The minimum absolute atomic E-state index is 0.0471. The van der Waals surface area contributed by atoms with E-state index in [1.807, 2.05) is 42.7 Å². The summed E-state index contributed by atoms with van der Waals surface area (Å²) in [6.07, 6.45) is 2.33. The molecule has 24 heavy (non-hydrogen) atoms. The minimum atomic E-state index is -2.95. The van der Waals surface area contributed by atoms with Crippen molar-refractivity contribution in [1.82, 2.24) is 9.55 Å². The number of pyridine rings is 1. The maximum atomic E-state index is 12.6. The Morgan fingerprint density at radius 3 is 2.79 bits per heavy atom. The predicted molar refractivity (Wildman–Crippen MR) is 95.5 cm³/mol. The average molecular weight is 364 g/mol. The van der Waals surface area contributed by atoms with Crippen molar-refractivity contribution in [3.8, 4) is 0 Å². The number of carbonyl (C=O) groups is 1. The zero-order valence-electron chi connectivity index (χ0n) is 13.7. The first kappa shape index (κ1) is 17.2. The highest BCUT2D eigenvalue weighted by Crippen LogP contribution is 2.30. The molecule has 0 amide bonds. The van der Waals surface area contributed by atoms with E-state index in [0.717, 1.165) is 16.4 Å². The molecule has 0 bridgehead atoms. The lowest BCUT2D eigenvalue weighted by Crippen LogP contribution is -2.14. The van der Waals surface area contributed by atoms with E-state index in [1.165, 1.54) is 11.8 Å². The Morgan fingerprint density at radius 1 is 1.38 bits per heavy atom. The number of aromatic nitrogens is 2. The summed E-state index contributed by atoms with van der Waals surface area (Å²) in [5.41, 5.74) is 2.49. The summed E-state index contributed by atoms with van der Waals surface area (Å²) < 4.78 is 25.5. The molecular weight excluding hydrogens is 344 g/mol. The van der Waals surface area contributed by atoms with E-state index in [1.54, 1.807) is 6.20 Å². The Balaban J connectivity index is 1.77. The lowest BCUT2D eigenvalue weighted by Gasteiger charge is -2.16. The SMILES string of the molecule is Cc1cc(C(=O)CSc2ccccn2)c(C)n1C1CCS(=O)(=O)C1. The fourth-order valence-corrected chi connectivity index (χ4v) is 5.69. The molecule has 1 saturated heterocycles. The van der Waals surface area contributed by atoms with E-state index in [9.17, 15) is 13.2 Å². The average Bonchev–Trinajstić information content (AvgIpc) is 3.05. The second-order valence-electron chi connectivity index (χ2n) is 6.09. The molecule has 1 aliphatic heterocycles. The van der Waals surface area contributed by atoms with Crippen molar-refractivity contribution in [3.05, 3.63) is 47.4 Å². The summed E-state index contributed by atoms with van der Waals surface area (Å²) in [5, 5.41) is 0.821. The number of nitrogens with zero attached hydrogens (tertiary/aromatic N) is 2. The summed E-state index contributed by atoms with van der Waals surface area (Å²) in [5.74, 6) is 0.767. The molecule has 128 valence electrons. The van der Waals surface area contributed by atoms with Crippen LogP contribution >= 0.6 is 11.8 Å². The van der Waals surface area contributed by atoms with Gasteiger partial charge in [-0.2, -0.15) is 0 Å². The first-order chi connectivity index (χ1) is 11.4. The van der Waals surface area contributed by atoms with Crippen LogP contribution in [-0.2, 0) is 9.84 Å². The van der Waals surface area contributed by atoms with Gasteiger partial charge in [-0.25, -0.2) is 13.4 Å². The number of carbonyl (C=O) groups excluding carboxylic acids is 1. The maximum absolute atomic E-state index is 12.6. The van der Waals surface area contributed by atoms with Crippen molar-refractivity contribution in [2.24, 2.45) is 0 Å². The van der Waals surface area contributed by atoms with Crippen molar-refractivity contribution in [2.75, 3.05) is 17.3 Å². The lowest BCUT2D eigenvalue weighted by atomic mass is 10.2. The smallest absolute Gasteiger partial charge is 0.174 e. The van der Waals surface area contributed by atoms with Crippen LogP contribution in [0.1, 0.15) is 34.2 Å². The lowest BCUT2D eigenvalue weighted by molar-refractivity contribution is 0.102. The number of aryl methyl sites for hydroxylation is 1. The predicted octanol–water partition coefficient (Wildman–Crippen LogP) is 2.83. The van der Waals surface area contributed by atoms with Gasteiger partial charge in [-0.1, -0.05) is 17.8 Å². The van der Waals surface area contributed by atoms with E-state index in [-0.39, 0.29) is 23.3 Å². The van der Waals surface area contributed by atoms with Crippen LogP contribution in [0, 0.1) is 13.8 Å². The number of ketones is 1. The summed E-state index contributed by atoms with van der Waals surface area (Å²) in [4.78, 5) is 16.8. The van der Waals surface area contributed by atoms with Crippen molar-refractivity contribution in [2.45, 2.75) is 31.3 Å². The largest absolute Gasteiger partial charge is 0.344 e. The van der Waals surface area contributed by atoms with Gasteiger partial charge in [0.1, 0.15) is 0 Å². The van der Waals surface area contributed by atoms with Crippen LogP contribution in [0.25, 0.3) is 0 Å². The molecule has 1 fully saturated rings. The summed E-state index contributed by atoms with van der Waals surface area (Å²) >= 11 is 1.41. The number of rotatable bonds is 5. The normalized spacial score (nSPS) is 19.5. The van der Waals surface area contributed by atoms with E-state index in [0.29, 0.717) is 17.7 Å². The van der Waals surface area contributed by atoms with Gasteiger partial charge in [0.2, 0.25) is 0 Å². The van der Waals surface area contributed by atoms with Crippen LogP contribution in [0.3, 0.4) is 0 Å². The number of sulfone groups is 1. The highest BCUT2D eigenvalue weighted by atomic mass is 32.2. The molecule has 3 rings (SSSR count). The molecule has 1 aliphatic rings. The first-order valence-electron chi connectivity index (χ1n) is 7.83. The fraction of sp³-hybridized carbons (Fsp3) is 0.412. The van der Waals surface area contributed by atoms with Crippen LogP contribution < -0.4 is 0 Å². The second kappa shape index (κ2) is 6.72. The van der Waals surface area contributed by atoms with Gasteiger partial charge in [-0.3, -0.25) is 4.79 Å². The Hall–Kier alpha value is -1.60. The maximum Gasteiger partial charge on any atom is 0.174 e. The number of hydrogen-bond donors (Lipinski definition) is 0. The zero-order valence-corrected chi connectivity index (χ0v) is 15.4. The molecule has 1 unspecified atom stereocenters. The van der Waals surface area contributed by atoms with Gasteiger partial charge in [-0.15, -0.1) is 0 Å². The van der Waals surface area contributed by atoms with Crippen molar-refractivity contribution in [3.63, 3.8) is 0 Å². The van der Waals surface area contributed by atoms with Crippen LogP contribution in [0.2, 0.25) is 0 Å². The Labute approximate surface area is 146 Å². The first-order valence-corrected chi connectivity index (χ1v) is 10.6. The number of Topliss-reactive ketones (excluding diaryl/α,β-unsaturated/α-hetero) is 1. The molecule has 0 N–H and O–H groups in total.